The Kier molecular flexibility index (Phi) is 3.66. The molecule has 90 valence electrons. The van der Waals surface area contributed by atoms with E-state index in [9.17, 15) is 13.2 Å². The van der Waals surface area contributed by atoms with Crippen LogP contribution in [0.15, 0.2) is 11.2 Å². The fraction of sp³-hybridized carbons (Fsp3) is 0.500. The number of aromatic amines is 1. The van der Waals surface area contributed by atoms with Crippen LogP contribution in [0.2, 0.25) is 0 Å². The normalized spacial score (nSPS) is 13.4. The maximum atomic E-state index is 11.7. The maximum Gasteiger partial charge on any atom is 0.323 e. The number of rotatable bonds is 4. The molecule has 0 aliphatic carbocycles. The number of aryl methyl sites for hydroxylation is 1. The van der Waals surface area contributed by atoms with Gasteiger partial charge >= 0.3 is 5.97 Å². The van der Waals surface area contributed by atoms with Crippen molar-refractivity contribution in [2.45, 2.75) is 24.9 Å². The summed E-state index contributed by atoms with van der Waals surface area (Å²) in [5.41, 5.74) is 0. The van der Waals surface area contributed by atoms with Crippen LogP contribution in [0.25, 0.3) is 0 Å². The van der Waals surface area contributed by atoms with E-state index in [1.807, 2.05) is 0 Å². The lowest BCUT2D eigenvalue weighted by Gasteiger charge is -2.10. The molecule has 8 heteroatoms. The van der Waals surface area contributed by atoms with Crippen LogP contribution < -0.4 is 4.72 Å². The number of hydrogen-bond donors (Lipinski definition) is 2. The Morgan fingerprint density at radius 2 is 2.25 bits per heavy atom. The predicted octanol–water partition coefficient (Wildman–Crippen LogP) is -0.442. The molecule has 1 aromatic heterocycles. The van der Waals surface area contributed by atoms with Gasteiger partial charge in [-0.3, -0.25) is 4.79 Å². The zero-order valence-corrected chi connectivity index (χ0v) is 9.96. The van der Waals surface area contributed by atoms with Gasteiger partial charge in [-0.05, 0) is 13.8 Å². The van der Waals surface area contributed by atoms with Crippen molar-refractivity contribution in [2.75, 3.05) is 7.11 Å². The number of imidazole rings is 1. The molecule has 0 aromatic carbocycles. The third-order valence-corrected chi connectivity index (χ3v) is 3.31. The molecule has 2 N–H and O–H groups in total. The lowest BCUT2D eigenvalue weighted by Crippen LogP contribution is -2.39. The first-order valence-electron chi connectivity index (χ1n) is 4.48. The summed E-state index contributed by atoms with van der Waals surface area (Å²) in [7, 11) is -2.57. The zero-order chi connectivity index (χ0) is 12.3. The van der Waals surface area contributed by atoms with E-state index in [-0.39, 0.29) is 5.03 Å². The molecule has 0 aliphatic rings. The van der Waals surface area contributed by atoms with Gasteiger partial charge < -0.3 is 9.72 Å². The Balaban J connectivity index is 2.84. The second kappa shape index (κ2) is 4.62. The van der Waals surface area contributed by atoms with Gasteiger partial charge in [-0.25, -0.2) is 13.4 Å². The largest absolute Gasteiger partial charge is 0.468 e. The molecule has 0 bridgehead atoms. The molecule has 0 amide bonds. The van der Waals surface area contributed by atoms with Crippen molar-refractivity contribution in [1.29, 1.82) is 0 Å². The number of methoxy groups -OCH3 is 1. The molecule has 0 aliphatic heterocycles. The van der Waals surface area contributed by atoms with Gasteiger partial charge in [0, 0.05) is 0 Å². The maximum absolute atomic E-state index is 11.7. The van der Waals surface area contributed by atoms with Crippen LogP contribution in [0.5, 0.6) is 0 Å². The lowest BCUT2D eigenvalue weighted by molar-refractivity contribution is -0.142. The van der Waals surface area contributed by atoms with E-state index in [0.717, 1.165) is 0 Å². The number of sulfonamides is 1. The molecule has 1 unspecified atom stereocenters. The predicted molar refractivity (Wildman–Crippen MR) is 55.1 cm³/mol. The molecule has 7 nitrogen and oxygen atoms in total. The average molecular weight is 247 g/mol. The summed E-state index contributed by atoms with van der Waals surface area (Å²) in [5.74, 6) is -0.175. The van der Waals surface area contributed by atoms with Gasteiger partial charge in [-0.2, -0.15) is 4.72 Å². The minimum Gasteiger partial charge on any atom is -0.468 e. The standard InChI is InChI=1S/C8H13N3O4S/c1-5(8(12)15-3)11-16(13,14)7-4-9-6(2)10-7/h4-5,11H,1-3H3,(H,9,10). The molecule has 0 radical (unpaired) electrons. The fourth-order valence-corrected chi connectivity index (χ4v) is 2.22. The molecule has 1 heterocycles. The smallest absolute Gasteiger partial charge is 0.323 e. The molecule has 1 atom stereocenters. The van der Waals surface area contributed by atoms with Gasteiger partial charge in [0.1, 0.15) is 11.9 Å². The van der Waals surface area contributed by atoms with Gasteiger partial charge in [0.15, 0.2) is 5.03 Å². The Labute approximate surface area is 93.3 Å². The molecular formula is C8H13N3O4S. The average Bonchev–Trinajstić information content (AvgIpc) is 2.63. The van der Waals surface area contributed by atoms with E-state index in [2.05, 4.69) is 19.4 Å². The number of carbonyl (C=O) groups excluding carboxylic acids is 1. The Hall–Kier alpha value is -1.41. The van der Waals surface area contributed by atoms with Crippen LogP contribution in [-0.4, -0.2) is 37.5 Å². The summed E-state index contributed by atoms with van der Waals surface area (Å²) in [6.07, 6.45) is 1.18. The van der Waals surface area contributed by atoms with E-state index >= 15 is 0 Å². The minimum absolute atomic E-state index is 0.0826. The number of H-pyrrole nitrogens is 1. The minimum atomic E-state index is -3.76. The van der Waals surface area contributed by atoms with Crippen LogP contribution in [0.3, 0.4) is 0 Å². The van der Waals surface area contributed by atoms with Crippen molar-refractivity contribution in [2.24, 2.45) is 0 Å². The van der Waals surface area contributed by atoms with Gasteiger partial charge in [0.2, 0.25) is 0 Å². The number of ether oxygens (including phenoxy) is 1. The highest BCUT2D eigenvalue weighted by Gasteiger charge is 2.23. The van der Waals surface area contributed by atoms with Gasteiger partial charge in [-0.15, -0.1) is 0 Å². The van der Waals surface area contributed by atoms with Crippen molar-refractivity contribution in [3.63, 3.8) is 0 Å². The van der Waals surface area contributed by atoms with Crippen LogP contribution in [0, 0.1) is 6.92 Å². The summed E-state index contributed by atoms with van der Waals surface area (Å²) in [5, 5.41) is -0.0826. The lowest BCUT2D eigenvalue weighted by atomic mass is 10.4. The number of carbonyl (C=O) groups is 1. The number of nitrogens with zero attached hydrogens (tertiary/aromatic N) is 1. The highest BCUT2D eigenvalue weighted by atomic mass is 32.2. The highest BCUT2D eigenvalue weighted by Crippen LogP contribution is 2.05. The first kappa shape index (κ1) is 12.7. The number of nitrogens with one attached hydrogen (secondary N) is 2. The third-order valence-electron chi connectivity index (χ3n) is 1.86. The SMILES string of the molecule is COC(=O)C(C)NS(=O)(=O)c1cnc(C)[nH]1. The van der Waals surface area contributed by atoms with Crippen LogP contribution in [0.4, 0.5) is 0 Å². The van der Waals surface area contributed by atoms with Crippen LogP contribution in [-0.2, 0) is 19.6 Å². The molecule has 1 aromatic rings. The third kappa shape index (κ3) is 2.80. The molecule has 0 spiro atoms. The Morgan fingerprint density at radius 1 is 1.62 bits per heavy atom. The molecule has 0 saturated heterocycles. The Bertz CT molecular complexity index is 479. The molecule has 1 rings (SSSR count). The van der Waals surface area contributed by atoms with Crippen molar-refractivity contribution in [3.8, 4) is 0 Å². The van der Waals surface area contributed by atoms with Gasteiger partial charge in [0.25, 0.3) is 10.0 Å². The van der Waals surface area contributed by atoms with Crippen molar-refractivity contribution >= 4 is 16.0 Å². The van der Waals surface area contributed by atoms with E-state index in [1.165, 1.54) is 20.2 Å². The molecule has 16 heavy (non-hydrogen) atoms. The molecule has 0 saturated carbocycles. The second-order valence-corrected chi connectivity index (χ2v) is 4.88. The summed E-state index contributed by atoms with van der Waals surface area (Å²) < 4.78 is 29.9. The zero-order valence-electron chi connectivity index (χ0n) is 9.14. The van der Waals surface area contributed by atoms with Crippen LogP contribution in [0.1, 0.15) is 12.7 Å². The Morgan fingerprint density at radius 3 is 2.69 bits per heavy atom. The number of aromatic nitrogens is 2. The number of hydrogen-bond acceptors (Lipinski definition) is 5. The molecular weight excluding hydrogens is 234 g/mol. The van der Waals surface area contributed by atoms with E-state index in [0.29, 0.717) is 5.82 Å². The summed E-state index contributed by atoms with van der Waals surface area (Å²) >= 11 is 0. The quantitative estimate of drug-likeness (QED) is 0.702. The highest BCUT2D eigenvalue weighted by molar-refractivity contribution is 7.89. The van der Waals surface area contributed by atoms with Crippen molar-refractivity contribution in [1.82, 2.24) is 14.7 Å². The fourth-order valence-electron chi connectivity index (χ4n) is 1.06. The van der Waals surface area contributed by atoms with E-state index in [1.54, 1.807) is 6.92 Å². The summed E-state index contributed by atoms with van der Waals surface area (Å²) in [6, 6.07) is -0.946. The van der Waals surface area contributed by atoms with Crippen molar-refractivity contribution < 1.29 is 17.9 Å². The monoisotopic (exact) mass is 247 g/mol. The van der Waals surface area contributed by atoms with Gasteiger partial charge in [-0.1, -0.05) is 0 Å². The first-order valence-corrected chi connectivity index (χ1v) is 5.97. The first-order chi connectivity index (χ1) is 7.36. The summed E-state index contributed by atoms with van der Waals surface area (Å²) in [6.45, 7) is 3.02. The topological polar surface area (TPSA) is 101 Å². The summed E-state index contributed by atoms with van der Waals surface area (Å²) in [4.78, 5) is 17.4. The van der Waals surface area contributed by atoms with Crippen molar-refractivity contribution in [3.05, 3.63) is 12.0 Å². The molecule has 0 fully saturated rings. The van der Waals surface area contributed by atoms with Crippen LogP contribution >= 0.6 is 0 Å². The number of esters is 1. The van der Waals surface area contributed by atoms with E-state index < -0.39 is 22.0 Å². The van der Waals surface area contributed by atoms with E-state index in [4.69, 9.17) is 0 Å². The van der Waals surface area contributed by atoms with Gasteiger partial charge in [0.05, 0.1) is 13.3 Å². The second-order valence-electron chi connectivity index (χ2n) is 3.20.